The van der Waals surface area contributed by atoms with Gasteiger partial charge in [-0.3, -0.25) is 9.59 Å². The summed E-state index contributed by atoms with van der Waals surface area (Å²) in [5, 5.41) is 2.66. The van der Waals surface area contributed by atoms with Crippen LogP contribution in [0.5, 0.6) is 0 Å². The van der Waals surface area contributed by atoms with Gasteiger partial charge in [-0.25, -0.2) is 0 Å². The van der Waals surface area contributed by atoms with Crippen LogP contribution in [0.15, 0.2) is 0 Å². The molecule has 0 aromatic heterocycles. The van der Waals surface area contributed by atoms with E-state index in [-0.39, 0.29) is 24.2 Å². The highest BCUT2D eigenvalue weighted by molar-refractivity contribution is 5.85. The summed E-state index contributed by atoms with van der Waals surface area (Å²) in [5.74, 6) is 0.0735. The van der Waals surface area contributed by atoms with E-state index in [2.05, 4.69) is 5.32 Å². The Morgan fingerprint density at radius 2 is 1.87 bits per heavy atom. The normalized spacial score (nSPS) is 26.0. The van der Waals surface area contributed by atoms with Crippen LogP contribution in [0.3, 0.4) is 0 Å². The Labute approximate surface area is 90.4 Å². The van der Waals surface area contributed by atoms with Crippen molar-refractivity contribution in [1.29, 1.82) is 0 Å². The zero-order chi connectivity index (χ0) is 11.3. The van der Waals surface area contributed by atoms with Crippen molar-refractivity contribution in [3.05, 3.63) is 0 Å². The lowest BCUT2D eigenvalue weighted by Crippen LogP contribution is -2.36. The molecule has 0 atom stereocenters. The first-order valence-corrected chi connectivity index (χ1v) is 5.43. The van der Waals surface area contributed by atoms with Crippen molar-refractivity contribution in [2.75, 3.05) is 13.7 Å². The molecule has 15 heavy (non-hydrogen) atoms. The zero-order valence-corrected chi connectivity index (χ0v) is 9.41. The molecular weight excluding hydrogens is 194 g/mol. The molecule has 1 aliphatic rings. The van der Waals surface area contributed by atoms with Crippen LogP contribution in [-0.4, -0.2) is 31.4 Å². The highest BCUT2D eigenvalue weighted by atomic mass is 16.5. The summed E-state index contributed by atoms with van der Waals surface area (Å²) in [6.07, 6.45) is 3.91. The van der Waals surface area contributed by atoms with Crippen LogP contribution < -0.4 is 5.32 Å². The molecule has 1 rings (SSSR count). The lowest BCUT2D eigenvalue weighted by molar-refractivity contribution is -0.128. The van der Waals surface area contributed by atoms with Crippen LogP contribution in [0.4, 0.5) is 0 Å². The number of rotatable bonds is 4. The molecule has 1 fully saturated rings. The van der Waals surface area contributed by atoms with E-state index >= 15 is 0 Å². The molecule has 4 heteroatoms. The summed E-state index contributed by atoms with van der Waals surface area (Å²) in [6.45, 7) is 1.63. The van der Waals surface area contributed by atoms with Crippen molar-refractivity contribution in [2.45, 2.75) is 38.7 Å². The summed E-state index contributed by atoms with van der Waals surface area (Å²) < 4.78 is 5.23. The van der Waals surface area contributed by atoms with Gasteiger partial charge in [-0.15, -0.1) is 0 Å². The lowest BCUT2D eigenvalue weighted by Gasteiger charge is -2.26. The predicted molar refractivity (Wildman–Crippen MR) is 56.4 cm³/mol. The van der Waals surface area contributed by atoms with Crippen molar-refractivity contribution in [1.82, 2.24) is 5.32 Å². The van der Waals surface area contributed by atoms with E-state index in [1.807, 2.05) is 0 Å². The Morgan fingerprint density at radius 3 is 2.33 bits per heavy atom. The summed E-state index contributed by atoms with van der Waals surface area (Å²) in [7, 11) is 1.71. The smallest absolute Gasteiger partial charge is 0.223 e. The molecule has 0 radical (unpaired) electrons. The third-order valence-corrected chi connectivity index (χ3v) is 2.89. The highest BCUT2D eigenvalue weighted by Crippen LogP contribution is 2.25. The quantitative estimate of drug-likeness (QED) is 0.754. The van der Waals surface area contributed by atoms with Crippen molar-refractivity contribution >= 4 is 11.7 Å². The number of hydrogen-bond acceptors (Lipinski definition) is 3. The van der Waals surface area contributed by atoms with Crippen molar-refractivity contribution < 1.29 is 14.3 Å². The third kappa shape index (κ3) is 4.00. The fourth-order valence-electron chi connectivity index (χ4n) is 1.92. The summed E-state index contributed by atoms with van der Waals surface area (Å²) in [4.78, 5) is 22.3. The Bertz CT molecular complexity index is 232. The molecule has 0 saturated heterocycles. The van der Waals surface area contributed by atoms with Crippen LogP contribution in [0, 0.1) is 5.92 Å². The number of carbonyl (C=O) groups excluding carboxylic acids is 2. The van der Waals surface area contributed by atoms with Gasteiger partial charge in [-0.2, -0.15) is 0 Å². The first kappa shape index (κ1) is 12.2. The van der Waals surface area contributed by atoms with Gasteiger partial charge < -0.3 is 10.1 Å². The highest BCUT2D eigenvalue weighted by Gasteiger charge is 2.25. The maximum absolute atomic E-state index is 11.6. The number of methoxy groups -OCH3 is 1. The average molecular weight is 213 g/mol. The molecule has 1 amide bonds. The van der Waals surface area contributed by atoms with Gasteiger partial charge in [0.2, 0.25) is 5.91 Å². The molecule has 0 spiro atoms. The maximum Gasteiger partial charge on any atom is 0.223 e. The van der Waals surface area contributed by atoms with E-state index in [4.69, 9.17) is 4.74 Å². The Kier molecular flexibility index (Phi) is 4.75. The second-order valence-electron chi connectivity index (χ2n) is 4.13. The van der Waals surface area contributed by atoms with E-state index in [1.165, 1.54) is 6.92 Å². The standard InChI is InChI=1S/C11H19NO3/c1-8(13)7-12-11(14)9-3-5-10(15-2)6-4-9/h9-10H,3-7H2,1-2H3,(H,12,14). The minimum atomic E-state index is -0.00562. The van der Waals surface area contributed by atoms with Crippen molar-refractivity contribution in [3.8, 4) is 0 Å². The number of amides is 1. The fraction of sp³-hybridized carbons (Fsp3) is 0.818. The molecule has 0 unspecified atom stereocenters. The van der Waals surface area contributed by atoms with Crippen LogP contribution in [0.1, 0.15) is 32.6 Å². The lowest BCUT2D eigenvalue weighted by atomic mass is 9.87. The predicted octanol–water partition coefficient (Wildman–Crippen LogP) is 0.897. The SMILES string of the molecule is COC1CCC(C(=O)NCC(C)=O)CC1. The van der Waals surface area contributed by atoms with Gasteiger partial charge in [0.1, 0.15) is 5.78 Å². The number of nitrogens with one attached hydrogen (secondary N) is 1. The van der Waals surface area contributed by atoms with Crippen molar-refractivity contribution in [3.63, 3.8) is 0 Å². The molecule has 0 aliphatic heterocycles. The van der Waals surface area contributed by atoms with Gasteiger partial charge in [0.25, 0.3) is 0 Å². The number of hydrogen-bond donors (Lipinski definition) is 1. The van der Waals surface area contributed by atoms with Gasteiger partial charge in [0, 0.05) is 13.0 Å². The second-order valence-corrected chi connectivity index (χ2v) is 4.13. The fourth-order valence-corrected chi connectivity index (χ4v) is 1.92. The minimum Gasteiger partial charge on any atom is -0.381 e. The number of carbonyl (C=O) groups is 2. The van der Waals surface area contributed by atoms with Gasteiger partial charge in [0.05, 0.1) is 12.6 Å². The van der Waals surface area contributed by atoms with E-state index in [0.29, 0.717) is 6.10 Å². The average Bonchev–Trinajstić information content (AvgIpc) is 2.26. The van der Waals surface area contributed by atoms with E-state index in [9.17, 15) is 9.59 Å². The van der Waals surface area contributed by atoms with Crippen LogP contribution in [0.2, 0.25) is 0 Å². The largest absolute Gasteiger partial charge is 0.381 e. The first-order valence-electron chi connectivity index (χ1n) is 5.43. The molecule has 0 heterocycles. The third-order valence-electron chi connectivity index (χ3n) is 2.89. The zero-order valence-electron chi connectivity index (χ0n) is 9.41. The molecule has 0 bridgehead atoms. The Hall–Kier alpha value is -0.900. The molecular formula is C11H19NO3. The summed E-state index contributed by atoms with van der Waals surface area (Å²) in [5.41, 5.74) is 0. The van der Waals surface area contributed by atoms with Gasteiger partial charge in [-0.05, 0) is 32.6 Å². The molecule has 0 aromatic carbocycles. The first-order chi connectivity index (χ1) is 7.13. The van der Waals surface area contributed by atoms with Gasteiger partial charge in [0.15, 0.2) is 0 Å². The molecule has 86 valence electrons. The summed E-state index contributed by atoms with van der Waals surface area (Å²) in [6, 6.07) is 0. The topological polar surface area (TPSA) is 55.4 Å². The van der Waals surface area contributed by atoms with Gasteiger partial charge >= 0.3 is 0 Å². The molecule has 4 nitrogen and oxygen atoms in total. The molecule has 1 N–H and O–H groups in total. The molecule has 1 aliphatic carbocycles. The number of Topliss-reactive ketones (excluding diaryl/α,β-unsaturated/α-hetero) is 1. The van der Waals surface area contributed by atoms with Gasteiger partial charge in [-0.1, -0.05) is 0 Å². The second kappa shape index (κ2) is 5.85. The maximum atomic E-state index is 11.6. The number of ether oxygens (including phenoxy) is 1. The Balaban J connectivity index is 2.27. The van der Waals surface area contributed by atoms with Crippen LogP contribution in [-0.2, 0) is 14.3 Å². The minimum absolute atomic E-state index is 0.00562. The summed E-state index contributed by atoms with van der Waals surface area (Å²) >= 11 is 0. The van der Waals surface area contributed by atoms with Crippen molar-refractivity contribution in [2.24, 2.45) is 5.92 Å². The Morgan fingerprint density at radius 1 is 1.27 bits per heavy atom. The monoisotopic (exact) mass is 213 g/mol. The molecule has 1 saturated carbocycles. The van der Waals surface area contributed by atoms with Crippen LogP contribution >= 0.6 is 0 Å². The molecule has 0 aromatic rings. The number of ketones is 1. The van der Waals surface area contributed by atoms with E-state index in [1.54, 1.807) is 7.11 Å². The van der Waals surface area contributed by atoms with Crippen LogP contribution in [0.25, 0.3) is 0 Å². The van der Waals surface area contributed by atoms with E-state index < -0.39 is 0 Å². The van der Waals surface area contributed by atoms with E-state index in [0.717, 1.165) is 25.7 Å².